The van der Waals surface area contributed by atoms with Crippen molar-refractivity contribution in [2.75, 3.05) is 29.9 Å². The number of hydrogen-bond acceptors (Lipinski definition) is 8. The van der Waals surface area contributed by atoms with Gasteiger partial charge in [0.15, 0.2) is 0 Å². The van der Waals surface area contributed by atoms with E-state index in [1.807, 2.05) is 10.8 Å². The zero-order valence-electron chi connectivity index (χ0n) is 14.7. The molecule has 0 spiro atoms. The highest BCUT2D eigenvalue weighted by Crippen LogP contribution is 2.34. The Morgan fingerprint density at radius 2 is 2.15 bits per heavy atom. The van der Waals surface area contributed by atoms with Crippen molar-refractivity contribution < 1.29 is 14.8 Å². The molecule has 1 fully saturated rings. The molecule has 0 bridgehead atoms. The minimum absolute atomic E-state index is 0.172. The van der Waals surface area contributed by atoms with Crippen molar-refractivity contribution in [2.24, 2.45) is 5.92 Å². The van der Waals surface area contributed by atoms with Crippen LogP contribution in [0.25, 0.3) is 0 Å². The molecule has 3 rings (SSSR count). The predicted molar refractivity (Wildman–Crippen MR) is 96.6 cm³/mol. The maximum atomic E-state index is 11.6. The van der Waals surface area contributed by atoms with E-state index in [0.29, 0.717) is 32.5 Å². The van der Waals surface area contributed by atoms with Gasteiger partial charge in [0, 0.05) is 38.6 Å². The van der Waals surface area contributed by atoms with Crippen LogP contribution in [0.15, 0.2) is 25.0 Å². The Labute approximate surface area is 155 Å². The quantitative estimate of drug-likeness (QED) is 0.398. The van der Waals surface area contributed by atoms with Crippen LogP contribution < -0.4 is 10.2 Å². The standard InChI is InChI=1S/C16H21N7O4/c24-16(25)12-2-7-22(8-3-12)15-13(23(26)27)14(19-10-20-15)18-4-1-6-21-9-5-17-11-21/h5,9-12H,1-4,6-8H2,(H,24,25)(H,18,19,20). The lowest BCUT2D eigenvalue weighted by molar-refractivity contribution is -0.383. The van der Waals surface area contributed by atoms with Crippen molar-refractivity contribution in [3.63, 3.8) is 0 Å². The Hall–Kier alpha value is -3.24. The maximum Gasteiger partial charge on any atom is 0.353 e. The molecule has 11 heteroatoms. The number of nitrogens with zero attached hydrogens (tertiary/aromatic N) is 6. The van der Waals surface area contributed by atoms with E-state index in [1.54, 1.807) is 17.4 Å². The number of carboxylic acids is 1. The van der Waals surface area contributed by atoms with Gasteiger partial charge in [-0.3, -0.25) is 14.9 Å². The summed E-state index contributed by atoms with van der Waals surface area (Å²) < 4.78 is 1.92. The second-order valence-electron chi connectivity index (χ2n) is 6.33. The van der Waals surface area contributed by atoms with Crippen LogP contribution in [-0.2, 0) is 11.3 Å². The molecule has 27 heavy (non-hydrogen) atoms. The van der Waals surface area contributed by atoms with Crippen LogP contribution in [0.3, 0.4) is 0 Å². The van der Waals surface area contributed by atoms with Crippen LogP contribution in [0, 0.1) is 16.0 Å². The molecule has 0 atom stereocenters. The minimum Gasteiger partial charge on any atom is -0.481 e. The van der Waals surface area contributed by atoms with E-state index in [4.69, 9.17) is 5.11 Å². The van der Waals surface area contributed by atoms with E-state index in [-0.39, 0.29) is 17.3 Å². The number of aryl methyl sites for hydroxylation is 1. The number of carboxylic acid groups (broad SMARTS) is 1. The summed E-state index contributed by atoms with van der Waals surface area (Å²) >= 11 is 0. The summed E-state index contributed by atoms with van der Waals surface area (Å²) in [5.74, 6) is -0.832. The summed E-state index contributed by atoms with van der Waals surface area (Å²) in [5.41, 5.74) is -0.172. The monoisotopic (exact) mass is 375 g/mol. The molecule has 0 saturated carbocycles. The second kappa shape index (κ2) is 8.43. The van der Waals surface area contributed by atoms with Gasteiger partial charge in [0.05, 0.1) is 17.2 Å². The minimum atomic E-state index is -0.827. The fourth-order valence-electron chi connectivity index (χ4n) is 3.12. The van der Waals surface area contributed by atoms with Crippen LogP contribution in [-0.4, -0.2) is 55.2 Å². The molecule has 0 aliphatic carbocycles. The largest absolute Gasteiger partial charge is 0.481 e. The zero-order chi connectivity index (χ0) is 19.2. The van der Waals surface area contributed by atoms with Crippen molar-refractivity contribution in [1.82, 2.24) is 19.5 Å². The first-order chi connectivity index (χ1) is 13.1. The average molecular weight is 375 g/mol. The van der Waals surface area contributed by atoms with Gasteiger partial charge in [-0.2, -0.15) is 0 Å². The fraction of sp³-hybridized carbons (Fsp3) is 0.500. The Morgan fingerprint density at radius 3 is 2.78 bits per heavy atom. The number of nitrogens with one attached hydrogen (secondary N) is 1. The average Bonchev–Trinajstić information content (AvgIpc) is 3.18. The van der Waals surface area contributed by atoms with Gasteiger partial charge < -0.3 is 19.9 Å². The van der Waals surface area contributed by atoms with Crippen molar-refractivity contribution in [1.29, 1.82) is 0 Å². The molecule has 1 saturated heterocycles. The number of carbonyl (C=O) groups is 1. The predicted octanol–water partition coefficient (Wildman–Crippen LogP) is 1.38. The van der Waals surface area contributed by atoms with Gasteiger partial charge in [-0.15, -0.1) is 0 Å². The Morgan fingerprint density at radius 1 is 1.37 bits per heavy atom. The van der Waals surface area contributed by atoms with E-state index in [9.17, 15) is 14.9 Å². The number of hydrogen-bond donors (Lipinski definition) is 2. The van der Waals surface area contributed by atoms with Crippen LogP contribution in [0.5, 0.6) is 0 Å². The topological polar surface area (TPSA) is 139 Å². The molecule has 0 radical (unpaired) electrons. The number of nitro groups is 1. The van der Waals surface area contributed by atoms with Gasteiger partial charge in [0.1, 0.15) is 6.33 Å². The molecule has 2 aromatic heterocycles. The normalized spacial score (nSPS) is 14.9. The van der Waals surface area contributed by atoms with Crippen LogP contribution in [0.2, 0.25) is 0 Å². The lowest BCUT2D eigenvalue weighted by atomic mass is 9.97. The molecule has 0 aromatic carbocycles. The summed E-state index contributed by atoms with van der Waals surface area (Å²) in [7, 11) is 0. The second-order valence-corrected chi connectivity index (χ2v) is 6.33. The molecule has 1 aliphatic rings. The number of aromatic nitrogens is 4. The number of aliphatic carboxylic acids is 1. The van der Waals surface area contributed by atoms with Gasteiger partial charge in [0.2, 0.25) is 11.6 Å². The van der Waals surface area contributed by atoms with Gasteiger partial charge in [-0.1, -0.05) is 0 Å². The fourth-order valence-corrected chi connectivity index (χ4v) is 3.12. The molecule has 0 unspecified atom stereocenters. The molecule has 0 amide bonds. The molecule has 2 aromatic rings. The van der Waals surface area contributed by atoms with Gasteiger partial charge in [0.25, 0.3) is 0 Å². The Bertz CT molecular complexity index is 788. The highest BCUT2D eigenvalue weighted by Gasteiger charge is 2.31. The third-order valence-electron chi connectivity index (χ3n) is 4.57. The van der Waals surface area contributed by atoms with Crippen molar-refractivity contribution in [2.45, 2.75) is 25.8 Å². The van der Waals surface area contributed by atoms with Crippen molar-refractivity contribution >= 4 is 23.3 Å². The zero-order valence-corrected chi connectivity index (χ0v) is 14.7. The molecule has 3 heterocycles. The van der Waals surface area contributed by atoms with Crippen LogP contribution in [0.1, 0.15) is 19.3 Å². The molecule has 1 aliphatic heterocycles. The number of imidazole rings is 1. The lowest BCUT2D eigenvalue weighted by Crippen LogP contribution is -2.37. The molecular weight excluding hydrogens is 354 g/mol. The highest BCUT2D eigenvalue weighted by molar-refractivity contribution is 5.72. The highest BCUT2D eigenvalue weighted by atomic mass is 16.6. The van der Waals surface area contributed by atoms with Crippen molar-refractivity contribution in [3.8, 4) is 0 Å². The van der Waals surface area contributed by atoms with E-state index in [1.165, 1.54) is 6.33 Å². The summed E-state index contributed by atoms with van der Waals surface area (Å²) in [5, 5.41) is 23.7. The molecular formula is C16H21N7O4. The Kier molecular flexibility index (Phi) is 5.79. The number of rotatable bonds is 8. The third-order valence-corrected chi connectivity index (χ3v) is 4.57. The smallest absolute Gasteiger partial charge is 0.353 e. The van der Waals surface area contributed by atoms with Crippen LogP contribution in [0.4, 0.5) is 17.3 Å². The van der Waals surface area contributed by atoms with Crippen molar-refractivity contribution in [3.05, 3.63) is 35.2 Å². The third kappa shape index (κ3) is 4.49. The Balaban J connectivity index is 1.67. The number of anilines is 2. The molecule has 11 nitrogen and oxygen atoms in total. The maximum absolute atomic E-state index is 11.6. The molecule has 144 valence electrons. The first kappa shape index (κ1) is 18.5. The van der Waals surface area contributed by atoms with Gasteiger partial charge >= 0.3 is 11.7 Å². The SMILES string of the molecule is O=C(O)C1CCN(c2ncnc(NCCCn3ccnc3)c2[N+](=O)[O-])CC1. The van der Waals surface area contributed by atoms with E-state index in [2.05, 4.69) is 20.3 Å². The van der Waals surface area contributed by atoms with E-state index < -0.39 is 16.8 Å². The number of piperidine rings is 1. The van der Waals surface area contributed by atoms with E-state index in [0.717, 1.165) is 13.0 Å². The first-order valence-electron chi connectivity index (χ1n) is 8.73. The summed E-state index contributed by atoms with van der Waals surface area (Å²) in [4.78, 5) is 36.1. The lowest BCUT2D eigenvalue weighted by Gasteiger charge is -2.30. The van der Waals surface area contributed by atoms with Gasteiger partial charge in [-0.05, 0) is 19.3 Å². The summed E-state index contributed by atoms with van der Waals surface area (Å²) in [6, 6.07) is 0. The van der Waals surface area contributed by atoms with E-state index >= 15 is 0 Å². The molecule has 2 N–H and O–H groups in total. The van der Waals surface area contributed by atoms with Crippen LogP contribution >= 0.6 is 0 Å². The summed E-state index contributed by atoms with van der Waals surface area (Å²) in [6.45, 7) is 2.07. The summed E-state index contributed by atoms with van der Waals surface area (Å²) in [6.07, 6.45) is 8.18. The first-order valence-corrected chi connectivity index (χ1v) is 8.73. The van der Waals surface area contributed by atoms with Gasteiger partial charge in [-0.25, -0.2) is 15.0 Å².